The molecule has 43 heavy (non-hydrogen) atoms. The molecule has 16 nitrogen and oxygen atoms in total. The van der Waals surface area contributed by atoms with Gasteiger partial charge in [-0.1, -0.05) is 0 Å². The number of rotatable bonds is 11. The largest absolute Gasteiger partial charge is 0.463 e. The Bertz CT molecular complexity index is 1060. The summed E-state index contributed by atoms with van der Waals surface area (Å²) in [7, 11) is 0. The summed E-state index contributed by atoms with van der Waals surface area (Å²) in [4.78, 5) is 83.3. The number of carbonyl (C=O) groups is 7. The van der Waals surface area contributed by atoms with Gasteiger partial charge >= 0.3 is 41.8 Å². The van der Waals surface area contributed by atoms with Gasteiger partial charge < -0.3 is 42.6 Å². The summed E-state index contributed by atoms with van der Waals surface area (Å²) < 4.78 is 49.2. The lowest BCUT2D eigenvalue weighted by Gasteiger charge is -2.46. The van der Waals surface area contributed by atoms with Crippen LogP contribution in [0, 0.1) is 0 Å². The van der Waals surface area contributed by atoms with Gasteiger partial charge in [-0.15, -0.1) is 11.8 Å². The molecule has 242 valence electrons. The van der Waals surface area contributed by atoms with Crippen molar-refractivity contribution in [3.63, 3.8) is 0 Å². The number of thioether (sulfide) groups is 1. The van der Waals surface area contributed by atoms with E-state index in [2.05, 4.69) is 0 Å². The molecule has 0 saturated carbocycles. The van der Waals surface area contributed by atoms with Gasteiger partial charge in [-0.05, 0) is 0 Å². The van der Waals surface area contributed by atoms with Gasteiger partial charge in [-0.3, -0.25) is 33.6 Å². The van der Waals surface area contributed by atoms with Crippen LogP contribution in [0.25, 0.3) is 0 Å². The predicted molar refractivity (Wildman–Crippen MR) is 141 cm³/mol. The fourth-order valence-corrected chi connectivity index (χ4v) is 6.00. The Labute approximate surface area is 251 Å². The van der Waals surface area contributed by atoms with Crippen molar-refractivity contribution < 1.29 is 76.2 Å². The van der Waals surface area contributed by atoms with Gasteiger partial charge in [0.2, 0.25) is 6.29 Å². The molecule has 0 aromatic heterocycles. The molecule has 0 unspecified atom stereocenters. The summed E-state index contributed by atoms with van der Waals surface area (Å²) in [6.45, 7) is 7.08. The minimum absolute atomic E-state index is 0.0777. The summed E-state index contributed by atoms with van der Waals surface area (Å²) in [5.41, 5.74) is -1.23. The van der Waals surface area contributed by atoms with Crippen molar-refractivity contribution in [1.82, 2.24) is 0 Å². The third kappa shape index (κ3) is 11.6. The van der Waals surface area contributed by atoms with Crippen LogP contribution < -0.4 is 0 Å². The van der Waals surface area contributed by atoms with E-state index in [0.29, 0.717) is 0 Å². The van der Waals surface area contributed by atoms with Crippen molar-refractivity contribution in [3.8, 4) is 0 Å². The first-order chi connectivity index (χ1) is 20.1. The third-order valence-electron chi connectivity index (χ3n) is 5.79. The lowest BCUT2D eigenvalue weighted by molar-refractivity contribution is -0.239. The maximum atomic E-state index is 12.2. The lowest BCUT2D eigenvalue weighted by Crippen LogP contribution is -2.62. The quantitative estimate of drug-likeness (QED) is 0.222. The van der Waals surface area contributed by atoms with E-state index >= 15 is 0 Å². The Morgan fingerprint density at radius 1 is 0.535 bits per heavy atom. The number of esters is 7. The fourth-order valence-electron chi connectivity index (χ4n) is 4.43. The molecule has 2 aliphatic rings. The van der Waals surface area contributed by atoms with Crippen LogP contribution >= 0.6 is 11.8 Å². The molecule has 17 heteroatoms. The average Bonchev–Trinajstić information content (AvgIpc) is 2.85. The summed E-state index contributed by atoms with van der Waals surface area (Å²) >= 11 is 0.940. The molecule has 9 atom stereocenters. The van der Waals surface area contributed by atoms with Gasteiger partial charge in [0.15, 0.2) is 18.3 Å². The van der Waals surface area contributed by atoms with Crippen LogP contribution in [-0.4, -0.2) is 109 Å². The van der Waals surface area contributed by atoms with E-state index in [9.17, 15) is 33.6 Å². The highest BCUT2D eigenvalue weighted by Crippen LogP contribution is 2.41. The van der Waals surface area contributed by atoms with Crippen molar-refractivity contribution in [2.24, 2.45) is 0 Å². The highest BCUT2D eigenvalue weighted by atomic mass is 32.2. The zero-order valence-corrected chi connectivity index (χ0v) is 25.6. The molecule has 0 aliphatic carbocycles. The topological polar surface area (TPSA) is 203 Å². The minimum Gasteiger partial charge on any atom is -0.463 e. The van der Waals surface area contributed by atoms with Crippen LogP contribution in [0.4, 0.5) is 0 Å². The molecule has 0 aromatic rings. The molecule has 2 heterocycles. The van der Waals surface area contributed by atoms with Crippen molar-refractivity contribution in [2.75, 3.05) is 13.2 Å². The first-order valence-electron chi connectivity index (χ1n) is 13.2. The Kier molecular flexibility index (Phi) is 13.7. The lowest BCUT2D eigenvalue weighted by atomic mass is 9.99. The van der Waals surface area contributed by atoms with Gasteiger partial charge in [0.05, 0.1) is 5.25 Å². The molecule has 0 radical (unpaired) electrons. The van der Waals surface area contributed by atoms with Crippen LogP contribution in [-0.2, 0) is 76.2 Å². The maximum Gasteiger partial charge on any atom is 0.304 e. The second kappa shape index (κ2) is 16.4. The first kappa shape index (κ1) is 35.8. The van der Waals surface area contributed by atoms with E-state index in [-0.39, 0.29) is 13.0 Å². The fraction of sp³-hybridized carbons (Fsp3) is 0.731. The molecule has 0 amide bonds. The van der Waals surface area contributed by atoms with Crippen molar-refractivity contribution in [2.45, 2.75) is 108 Å². The summed E-state index contributed by atoms with van der Waals surface area (Å²) in [6.07, 6.45) is -8.87. The van der Waals surface area contributed by atoms with Crippen LogP contribution in [0.1, 0.15) is 54.9 Å². The molecule has 0 aromatic carbocycles. The zero-order chi connectivity index (χ0) is 32.4. The highest BCUT2D eigenvalue weighted by molar-refractivity contribution is 8.00. The second-order valence-corrected chi connectivity index (χ2v) is 10.9. The monoisotopic (exact) mass is 636 g/mol. The standard InChI is InChI=1S/C26H36O16S/c1-11(27)34-9-18-22(37-14(4)30)20(8-21(41-18)36-13(3)29)43-26-25(40-17(7)33)24(39-16(6)32)23(38-15(5)31)19(42-26)10-35-12(2)28/h18-26H,8-10H2,1-7H3/t18-,19-,20-,21+,22-,23-,24+,25-,26+/m1/s1. The van der Waals surface area contributed by atoms with E-state index in [1.807, 2.05) is 0 Å². The normalized spacial score (nSPS) is 30.2. The zero-order valence-electron chi connectivity index (χ0n) is 24.8. The van der Waals surface area contributed by atoms with E-state index in [4.69, 9.17) is 42.6 Å². The van der Waals surface area contributed by atoms with Crippen LogP contribution in [0.5, 0.6) is 0 Å². The Morgan fingerprint density at radius 3 is 1.42 bits per heavy atom. The molecule has 0 spiro atoms. The van der Waals surface area contributed by atoms with Crippen LogP contribution in [0.3, 0.4) is 0 Å². The molecule has 2 saturated heterocycles. The van der Waals surface area contributed by atoms with Crippen molar-refractivity contribution in [3.05, 3.63) is 0 Å². The second-order valence-electron chi connectivity index (χ2n) is 9.57. The number of ether oxygens (including phenoxy) is 9. The predicted octanol–water partition coefficient (Wildman–Crippen LogP) is 0.344. The molecular weight excluding hydrogens is 600 g/mol. The van der Waals surface area contributed by atoms with E-state index < -0.39 is 102 Å². The highest BCUT2D eigenvalue weighted by Gasteiger charge is 2.54. The van der Waals surface area contributed by atoms with Crippen molar-refractivity contribution in [1.29, 1.82) is 0 Å². The van der Waals surface area contributed by atoms with Gasteiger partial charge in [0, 0.05) is 54.9 Å². The molecular formula is C26H36O16S. The minimum atomic E-state index is -1.43. The van der Waals surface area contributed by atoms with Crippen LogP contribution in [0.2, 0.25) is 0 Å². The Balaban J connectivity index is 2.57. The Morgan fingerprint density at radius 2 is 0.953 bits per heavy atom. The summed E-state index contributed by atoms with van der Waals surface area (Å²) in [6, 6.07) is 0. The molecule has 2 aliphatic heterocycles. The molecule has 2 fully saturated rings. The van der Waals surface area contributed by atoms with E-state index in [1.54, 1.807) is 0 Å². The van der Waals surface area contributed by atoms with Gasteiger partial charge in [0.25, 0.3) is 0 Å². The van der Waals surface area contributed by atoms with Gasteiger partial charge in [-0.25, -0.2) is 0 Å². The summed E-state index contributed by atoms with van der Waals surface area (Å²) in [5.74, 6) is -5.12. The number of hydrogen-bond donors (Lipinski definition) is 0. The first-order valence-corrected chi connectivity index (χ1v) is 14.1. The van der Waals surface area contributed by atoms with E-state index in [0.717, 1.165) is 60.2 Å². The van der Waals surface area contributed by atoms with Gasteiger partial charge in [0.1, 0.15) is 37.0 Å². The van der Waals surface area contributed by atoms with Crippen LogP contribution in [0.15, 0.2) is 0 Å². The third-order valence-corrected chi connectivity index (χ3v) is 7.25. The molecule has 0 bridgehead atoms. The smallest absolute Gasteiger partial charge is 0.304 e. The van der Waals surface area contributed by atoms with Gasteiger partial charge in [-0.2, -0.15) is 0 Å². The van der Waals surface area contributed by atoms with Crippen molar-refractivity contribution >= 4 is 53.5 Å². The maximum absolute atomic E-state index is 12.2. The summed E-state index contributed by atoms with van der Waals surface area (Å²) in [5, 5.41) is -0.830. The molecule has 0 N–H and O–H groups in total. The molecule has 2 rings (SSSR count). The van der Waals surface area contributed by atoms with E-state index in [1.165, 1.54) is 0 Å². The Hall–Kier alpha value is -3.44. The SMILES string of the molecule is CC(=O)OC[C@H]1O[C@H](OC(C)=O)C[C@@H](S[C@@H]2O[C@H](COC(C)=O)[C@@H](OC(C)=O)[C@H](OC(C)=O)[C@H]2OC(C)=O)[C@@H]1OC(C)=O. The number of hydrogen-bond acceptors (Lipinski definition) is 17. The average molecular weight is 637 g/mol. The number of carbonyl (C=O) groups excluding carboxylic acids is 7.